The summed E-state index contributed by atoms with van der Waals surface area (Å²) in [5.41, 5.74) is 3.13. The first kappa shape index (κ1) is 15.5. The number of hydrogen-bond donors (Lipinski definition) is 2. The molecule has 0 saturated carbocycles. The maximum atomic E-state index is 11.7. The molecule has 1 aromatic heterocycles. The van der Waals surface area contributed by atoms with Gasteiger partial charge >= 0.3 is 0 Å². The number of aliphatic hydroxyl groups excluding tert-OH is 1. The number of ether oxygens (including phenoxy) is 1. The van der Waals surface area contributed by atoms with E-state index < -0.39 is 6.10 Å². The highest BCUT2D eigenvalue weighted by Gasteiger charge is 2.10. The van der Waals surface area contributed by atoms with Crippen molar-refractivity contribution in [2.45, 2.75) is 20.0 Å². The third kappa shape index (κ3) is 4.58. The van der Waals surface area contributed by atoms with Crippen molar-refractivity contribution in [3.05, 3.63) is 51.7 Å². The average molecular weight is 305 g/mol. The molecular weight excluding hydrogens is 286 g/mol. The minimum atomic E-state index is -0.679. The number of hydrogen-bond acceptors (Lipinski definition) is 4. The van der Waals surface area contributed by atoms with Crippen LogP contribution in [0.15, 0.2) is 35.0 Å². The Kier molecular flexibility index (Phi) is 5.36. The summed E-state index contributed by atoms with van der Waals surface area (Å²) in [7, 11) is 0. The van der Waals surface area contributed by atoms with Crippen molar-refractivity contribution in [1.29, 1.82) is 0 Å². The van der Waals surface area contributed by atoms with Crippen molar-refractivity contribution in [2.75, 3.05) is 13.2 Å². The topological polar surface area (TPSA) is 58.6 Å². The zero-order valence-electron chi connectivity index (χ0n) is 12.1. The van der Waals surface area contributed by atoms with Crippen LogP contribution in [-0.4, -0.2) is 24.2 Å². The van der Waals surface area contributed by atoms with E-state index in [-0.39, 0.29) is 19.1 Å². The van der Waals surface area contributed by atoms with Crippen LogP contribution in [-0.2, 0) is 4.79 Å². The highest BCUT2D eigenvalue weighted by molar-refractivity contribution is 7.07. The number of benzene rings is 1. The van der Waals surface area contributed by atoms with E-state index in [9.17, 15) is 9.90 Å². The summed E-state index contributed by atoms with van der Waals surface area (Å²) in [4.78, 5) is 11.7. The lowest BCUT2D eigenvalue weighted by Gasteiger charge is -2.11. The van der Waals surface area contributed by atoms with Crippen molar-refractivity contribution < 1.29 is 14.6 Å². The van der Waals surface area contributed by atoms with Gasteiger partial charge < -0.3 is 15.2 Å². The zero-order chi connectivity index (χ0) is 15.2. The first-order chi connectivity index (χ1) is 10.1. The molecule has 5 heteroatoms. The van der Waals surface area contributed by atoms with Crippen LogP contribution in [0.5, 0.6) is 5.75 Å². The van der Waals surface area contributed by atoms with Gasteiger partial charge in [-0.15, -0.1) is 0 Å². The highest BCUT2D eigenvalue weighted by Crippen LogP contribution is 2.16. The fourth-order valence-corrected chi connectivity index (χ4v) is 2.50. The van der Waals surface area contributed by atoms with Gasteiger partial charge in [0.05, 0.1) is 6.10 Å². The SMILES string of the molecule is Cc1ccc(OCC(=O)NCC(O)c2ccsc2)cc1C. The van der Waals surface area contributed by atoms with E-state index >= 15 is 0 Å². The molecule has 0 aliphatic carbocycles. The molecule has 2 aromatic rings. The molecule has 2 N–H and O–H groups in total. The Bertz CT molecular complexity index is 596. The van der Waals surface area contributed by atoms with E-state index in [0.29, 0.717) is 5.75 Å². The minimum Gasteiger partial charge on any atom is -0.484 e. The highest BCUT2D eigenvalue weighted by atomic mass is 32.1. The van der Waals surface area contributed by atoms with Crippen molar-refractivity contribution in [1.82, 2.24) is 5.32 Å². The average Bonchev–Trinajstić information content (AvgIpc) is 3.00. The maximum absolute atomic E-state index is 11.7. The first-order valence-electron chi connectivity index (χ1n) is 6.73. The van der Waals surface area contributed by atoms with Crippen molar-refractivity contribution in [2.24, 2.45) is 0 Å². The van der Waals surface area contributed by atoms with Gasteiger partial charge in [0.15, 0.2) is 6.61 Å². The normalized spacial score (nSPS) is 12.0. The molecule has 21 heavy (non-hydrogen) atoms. The van der Waals surface area contributed by atoms with E-state index in [1.807, 2.05) is 48.9 Å². The molecule has 0 radical (unpaired) electrons. The van der Waals surface area contributed by atoms with Gasteiger partial charge in [-0.25, -0.2) is 0 Å². The number of thiophene rings is 1. The second-order valence-electron chi connectivity index (χ2n) is 4.91. The lowest BCUT2D eigenvalue weighted by molar-refractivity contribution is -0.123. The van der Waals surface area contributed by atoms with Crippen molar-refractivity contribution in [3.63, 3.8) is 0 Å². The molecule has 0 spiro atoms. The minimum absolute atomic E-state index is 0.0567. The molecule has 1 atom stereocenters. The summed E-state index contributed by atoms with van der Waals surface area (Å²) in [6.45, 7) is 4.15. The molecule has 4 nitrogen and oxygen atoms in total. The zero-order valence-corrected chi connectivity index (χ0v) is 12.9. The number of rotatable bonds is 6. The summed E-state index contributed by atoms with van der Waals surface area (Å²) in [6.07, 6.45) is -0.679. The Hall–Kier alpha value is -1.85. The molecule has 2 rings (SSSR count). The van der Waals surface area contributed by atoms with Crippen LogP contribution in [0.1, 0.15) is 22.8 Å². The summed E-state index contributed by atoms with van der Waals surface area (Å²) in [5, 5.41) is 16.3. The molecule has 0 aliphatic rings. The number of aliphatic hydroxyl groups is 1. The second-order valence-corrected chi connectivity index (χ2v) is 5.69. The predicted molar refractivity (Wildman–Crippen MR) is 83.7 cm³/mol. The Morgan fingerprint density at radius 3 is 2.81 bits per heavy atom. The number of carbonyl (C=O) groups excluding carboxylic acids is 1. The summed E-state index contributed by atoms with van der Waals surface area (Å²) in [5.74, 6) is 0.425. The third-order valence-corrected chi connectivity index (χ3v) is 3.97. The molecule has 1 amide bonds. The summed E-state index contributed by atoms with van der Waals surface area (Å²) in [6, 6.07) is 7.55. The standard InChI is InChI=1S/C16H19NO3S/c1-11-3-4-14(7-12(11)2)20-9-16(19)17-8-15(18)13-5-6-21-10-13/h3-7,10,15,18H,8-9H2,1-2H3,(H,17,19). The van der Waals surface area contributed by atoms with E-state index in [1.165, 1.54) is 16.9 Å². The van der Waals surface area contributed by atoms with Crippen LogP contribution < -0.4 is 10.1 Å². The van der Waals surface area contributed by atoms with E-state index in [0.717, 1.165) is 11.1 Å². The fraction of sp³-hybridized carbons (Fsp3) is 0.312. The van der Waals surface area contributed by atoms with Crippen LogP contribution in [0.25, 0.3) is 0 Å². The molecule has 1 aromatic carbocycles. The number of carbonyl (C=O) groups is 1. The number of nitrogens with one attached hydrogen (secondary N) is 1. The van der Waals surface area contributed by atoms with Gasteiger partial charge in [-0.1, -0.05) is 6.07 Å². The molecule has 0 bridgehead atoms. The van der Waals surface area contributed by atoms with Crippen molar-refractivity contribution >= 4 is 17.2 Å². The molecule has 0 fully saturated rings. The fourth-order valence-electron chi connectivity index (χ4n) is 1.80. The van der Waals surface area contributed by atoms with Crippen molar-refractivity contribution in [3.8, 4) is 5.75 Å². The number of aryl methyl sites for hydroxylation is 2. The van der Waals surface area contributed by atoms with E-state index in [1.54, 1.807) is 0 Å². The molecule has 112 valence electrons. The van der Waals surface area contributed by atoms with Gasteiger partial charge in [0, 0.05) is 6.54 Å². The predicted octanol–water partition coefficient (Wildman–Crippen LogP) is 2.59. The molecule has 1 unspecified atom stereocenters. The van der Waals surface area contributed by atoms with Crippen LogP contribution in [0, 0.1) is 13.8 Å². The summed E-state index contributed by atoms with van der Waals surface area (Å²) < 4.78 is 5.44. The van der Waals surface area contributed by atoms with Gasteiger partial charge in [-0.05, 0) is 59.5 Å². The first-order valence-corrected chi connectivity index (χ1v) is 7.67. The maximum Gasteiger partial charge on any atom is 0.258 e. The molecule has 1 heterocycles. The molecule has 0 saturated heterocycles. The Morgan fingerprint density at radius 1 is 1.33 bits per heavy atom. The summed E-state index contributed by atoms with van der Waals surface area (Å²) >= 11 is 1.51. The van der Waals surface area contributed by atoms with Crippen LogP contribution in [0.2, 0.25) is 0 Å². The van der Waals surface area contributed by atoms with Crippen LogP contribution in [0.4, 0.5) is 0 Å². The van der Waals surface area contributed by atoms with E-state index in [2.05, 4.69) is 5.32 Å². The molecular formula is C16H19NO3S. The smallest absolute Gasteiger partial charge is 0.258 e. The Morgan fingerprint density at radius 2 is 2.14 bits per heavy atom. The third-order valence-electron chi connectivity index (χ3n) is 3.27. The van der Waals surface area contributed by atoms with Crippen LogP contribution >= 0.6 is 11.3 Å². The second kappa shape index (κ2) is 7.24. The van der Waals surface area contributed by atoms with E-state index in [4.69, 9.17) is 4.74 Å². The molecule has 0 aliphatic heterocycles. The van der Waals surface area contributed by atoms with Gasteiger partial charge in [-0.3, -0.25) is 4.79 Å². The largest absolute Gasteiger partial charge is 0.484 e. The Labute approximate surface area is 128 Å². The number of amides is 1. The van der Waals surface area contributed by atoms with Gasteiger partial charge in [0.2, 0.25) is 0 Å². The van der Waals surface area contributed by atoms with Gasteiger partial charge in [0.25, 0.3) is 5.91 Å². The van der Waals surface area contributed by atoms with Gasteiger partial charge in [-0.2, -0.15) is 11.3 Å². The Balaban J connectivity index is 1.75. The monoisotopic (exact) mass is 305 g/mol. The van der Waals surface area contributed by atoms with Crippen LogP contribution in [0.3, 0.4) is 0 Å². The lowest BCUT2D eigenvalue weighted by Crippen LogP contribution is -2.32. The van der Waals surface area contributed by atoms with Gasteiger partial charge in [0.1, 0.15) is 5.75 Å². The lowest BCUT2D eigenvalue weighted by atomic mass is 10.1. The quantitative estimate of drug-likeness (QED) is 0.862.